The summed E-state index contributed by atoms with van der Waals surface area (Å²) in [5.74, 6) is 0. The summed E-state index contributed by atoms with van der Waals surface area (Å²) in [5.41, 5.74) is 1.70. The minimum atomic E-state index is 0.600. The summed E-state index contributed by atoms with van der Waals surface area (Å²) in [7, 11) is 0. The molecule has 20 heavy (non-hydrogen) atoms. The van der Waals surface area contributed by atoms with Crippen LogP contribution in [0.1, 0.15) is 12.0 Å². The van der Waals surface area contributed by atoms with Crippen molar-refractivity contribution in [2.24, 2.45) is 0 Å². The number of nitriles is 1. The maximum absolute atomic E-state index is 9.25. The van der Waals surface area contributed by atoms with Gasteiger partial charge in [0.15, 0.2) is 0 Å². The molecule has 4 nitrogen and oxygen atoms in total. The molecule has 1 aromatic carbocycles. The van der Waals surface area contributed by atoms with Gasteiger partial charge in [0.25, 0.3) is 0 Å². The van der Waals surface area contributed by atoms with Gasteiger partial charge in [0.2, 0.25) is 0 Å². The zero-order valence-corrected chi connectivity index (χ0v) is 12.2. The van der Waals surface area contributed by atoms with Crippen LogP contribution in [0.4, 0.5) is 5.69 Å². The Morgan fingerprint density at radius 3 is 2.80 bits per heavy atom. The third kappa shape index (κ3) is 2.76. The van der Waals surface area contributed by atoms with E-state index >= 15 is 0 Å². The van der Waals surface area contributed by atoms with Gasteiger partial charge in [0.1, 0.15) is 6.07 Å². The van der Waals surface area contributed by atoms with Crippen LogP contribution in [0.5, 0.6) is 0 Å². The highest BCUT2D eigenvalue weighted by atomic mass is 35.5. The smallest absolute Gasteiger partial charge is 0.101 e. The van der Waals surface area contributed by atoms with E-state index in [1.807, 2.05) is 12.1 Å². The maximum atomic E-state index is 9.25. The van der Waals surface area contributed by atoms with E-state index < -0.39 is 0 Å². The molecule has 1 aromatic rings. The summed E-state index contributed by atoms with van der Waals surface area (Å²) in [6.45, 7) is 6.41. The van der Waals surface area contributed by atoms with Gasteiger partial charge in [-0.3, -0.25) is 4.90 Å². The number of benzene rings is 1. The molecule has 0 aliphatic carbocycles. The van der Waals surface area contributed by atoms with Gasteiger partial charge in [-0.05, 0) is 24.6 Å². The fraction of sp³-hybridized carbons (Fsp3) is 0.533. The van der Waals surface area contributed by atoms with Crippen LogP contribution >= 0.6 is 11.6 Å². The monoisotopic (exact) mass is 290 g/mol. The average molecular weight is 291 g/mol. The third-order valence-electron chi connectivity index (χ3n) is 4.25. The third-order valence-corrected chi connectivity index (χ3v) is 4.49. The molecule has 0 bridgehead atoms. The van der Waals surface area contributed by atoms with Crippen molar-refractivity contribution < 1.29 is 0 Å². The van der Waals surface area contributed by atoms with E-state index in [1.54, 1.807) is 6.07 Å². The first-order chi connectivity index (χ1) is 9.78. The van der Waals surface area contributed by atoms with Crippen LogP contribution < -0.4 is 10.2 Å². The van der Waals surface area contributed by atoms with Crippen molar-refractivity contribution in [1.82, 2.24) is 10.2 Å². The number of nitrogens with zero attached hydrogens (tertiary/aromatic N) is 3. The van der Waals surface area contributed by atoms with E-state index in [2.05, 4.69) is 21.2 Å². The zero-order chi connectivity index (χ0) is 13.9. The molecule has 5 heteroatoms. The second-order valence-corrected chi connectivity index (χ2v) is 5.88. The molecular weight excluding hydrogens is 272 g/mol. The Morgan fingerprint density at radius 2 is 2.05 bits per heavy atom. The van der Waals surface area contributed by atoms with Crippen molar-refractivity contribution in [3.05, 3.63) is 28.8 Å². The Hall–Kier alpha value is -1.28. The van der Waals surface area contributed by atoms with Crippen LogP contribution in [0.15, 0.2) is 18.2 Å². The van der Waals surface area contributed by atoms with Gasteiger partial charge in [0, 0.05) is 50.3 Å². The number of hydrogen-bond acceptors (Lipinski definition) is 4. The average Bonchev–Trinajstić information content (AvgIpc) is 2.98. The number of piperazine rings is 1. The van der Waals surface area contributed by atoms with E-state index in [0.717, 1.165) is 56.9 Å². The first kappa shape index (κ1) is 13.7. The minimum Gasteiger partial charge on any atom is -0.369 e. The summed E-state index contributed by atoms with van der Waals surface area (Å²) < 4.78 is 0. The predicted octanol–water partition coefficient (Wildman–Crippen LogP) is 1.70. The molecule has 0 radical (unpaired) electrons. The lowest BCUT2D eigenvalue weighted by Gasteiger charge is -2.32. The lowest BCUT2D eigenvalue weighted by atomic mass is 10.2. The van der Waals surface area contributed by atoms with Crippen molar-refractivity contribution in [3.63, 3.8) is 0 Å². The molecule has 2 heterocycles. The lowest BCUT2D eigenvalue weighted by molar-refractivity contribution is 0.185. The molecule has 2 aliphatic heterocycles. The van der Waals surface area contributed by atoms with E-state index in [4.69, 9.17) is 11.6 Å². The first-order valence-corrected chi connectivity index (χ1v) is 7.55. The fourth-order valence-electron chi connectivity index (χ4n) is 3.17. The number of hydrogen-bond donors (Lipinski definition) is 1. The quantitative estimate of drug-likeness (QED) is 0.900. The topological polar surface area (TPSA) is 42.3 Å². The molecule has 1 unspecified atom stereocenters. The molecule has 0 aromatic heterocycles. The van der Waals surface area contributed by atoms with E-state index in [1.165, 1.54) is 0 Å². The molecule has 1 atom stereocenters. The number of anilines is 1. The summed E-state index contributed by atoms with van der Waals surface area (Å²) in [6, 6.07) is 8.39. The van der Waals surface area contributed by atoms with Gasteiger partial charge in [-0.2, -0.15) is 5.26 Å². The molecule has 2 saturated heterocycles. The van der Waals surface area contributed by atoms with E-state index in [0.29, 0.717) is 11.1 Å². The highest BCUT2D eigenvalue weighted by Crippen LogP contribution is 2.29. The number of rotatable bonds is 2. The molecule has 2 aliphatic rings. The fourth-order valence-corrected chi connectivity index (χ4v) is 3.33. The second kappa shape index (κ2) is 6.01. The summed E-state index contributed by atoms with van der Waals surface area (Å²) in [4.78, 5) is 4.87. The molecule has 0 amide bonds. The molecule has 0 saturated carbocycles. The Morgan fingerprint density at radius 1 is 1.25 bits per heavy atom. The van der Waals surface area contributed by atoms with E-state index in [-0.39, 0.29) is 0 Å². The van der Waals surface area contributed by atoms with Crippen molar-refractivity contribution >= 4 is 17.3 Å². The van der Waals surface area contributed by atoms with Gasteiger partial charge >= 0.3 is 0 Å². The maximum Gasteiger partial charge on any atom is 0.101 e. The largest absolute Gasteiger partial charge is 0.369 e. The molecule has 0 spiro atoms. The minimum absolute atomic E-state index is 0.600. The predicted molar refractivity (Wildman–Crippen MR) is 81.2 cm³/mol. The van der Waals surface area contributed by atoms with Crippen LogP contribution in [-0.4, -0.2) is 50.2 Å². The van der Waals surface area contributed by atoms with Gasteiger partial charge < -0.3 is 10.2 Å². The summed E-state index contributed by atoms with van der Waals surface area (Å²) in [6.07, 6.45) is 1.16. The van der Waals surface area contributed by atoms with Crippen LogP contribution in [0.3, 0.4) is 0 Å². The van der Waals surface area contributed by atoms with Gasteiger partial charge in [-0.15, -0.1) is 0 Å². The number of nitrogens with one attached hydrogen (secondary N) is 1. The zero-order valence-electron chi connectivity index (χ0n) is 11.5. The van der Waals surface area contributed by atoms with Crippen molar-refractivity contribution in [3.8, 4) is 6.07 Å². The Kier molecular flexibility index (Phi) is 4.11. The van der Waals surface area contributed by atoms with Crippen LogP contribution in [0.2, 0.25) is 5.02 Å². The summed E-state index contributed by atoms with van der Waals surface area (Å²) in [5, 5.41) is 13.3. The molecule has 2 fully saturated rings. The van der Waals surface area contributed by atoms with Gasteiger partial charge in [0.05, 0.1) is 11.3 Å². The SMILES string of the molecule is N#Cc1ccc(Cl)cc1N1CCC(N2CCNCC2)C1. The van der Waals surface area contributed by atoms with Crippen LogP contribution in [0, 0.1) is 11.3 Å². The van der Waals surface area contributed by atoms with Gasteiger partial charge in [-0.1, -0.05) is 11.6 Å². The van der Waals surface area contributed by atoms with E-state index in [9.17, 15) is 5.26 Å². The van der Waals surface area contributed by atoms with Crippen molar-refractivity contribution in [2.45, 2.75) is 12.5 Å². The highest BCUT2D eigenvalue weighted by molar-refractivity contribution is 6.30. The molecule has 1 N–H and O–H groups in total. The normalized spacial score (nSPS) is 23.8. The Bertz CT molecular complexity index is 519. The first-order valence-electron chi connectivity index (χ1n) is 7.17. The molecule has 3 rings (SSSR count). The Balaban J connectivity index is 1.73. The molecular formula is C15H19ClN4. The second-order valence-electron chi connectivity index (χ2n) is 5.45. The summed E-state index contributed by atoms with van der Waals surface area (Å²) >= 11 is 6.08. The lowest BCUT2D eigenvalue weighted by Crippen LogP contribution is -2.49. The van der Waals surface area contributed by atoms with Crippen molar-refractivity contribution in [1.29, 1.82) is 5.26 Å². The standard InChI is InChI=1S/C15H19ClN4/c16-13-2-1-12(10-17)15(9-13)20-6-3-14(11-20)19-7-4-18-5-8-19/h1-2,9,14,18H,3-8,11H2. The van der Waals surface area contributed by atoms with Crippen LogP contribution in [-0.2, 0) is 0 Å². The molecule has 106 valence electrons. The highest BCUT2D eigenvalue weighted by Gasteiger charge is 2.29. The van der Waals surface area contributed by atoms with Crippen LogP contribution in [0.25, 0.3) is 0 Å². The van der Waals surface area contributed by atoms with Gasteiger partial charge in [-0.25, -0.2) is 0 Å². The van der Waals surface area contributed by atoms with Crippen molar-refractivity contribution in [2.75, 3.05) is 44.2 Å². The number of halogens is 1. The Labute approximate surface area is 124 Å².